The zero-order valence-electron chi connectivity index (χ0n) is 13.1. The average Bonchev–Trinajstić information content (AvgIpc) is 2.37. The van der Waals surface area contributed by atoms with Gasteiger partial charge in [-0.25, -0.2) is 0 Å². The van der Waals surface area contributed by atoms with Gasteiger partial charge in [-0.05, 0) is 36.7 Å². The van der Waals surface area contributed by atoms with E-state index in [0.29, 0.717) is 0 Å². The zero-order valence-corrected chi connectivity index (χ0v) is 14.1. The first-order valence-electron chi connectivity index (χ1n) is 7.15. The van der Waals surface area contributed by atoms with Gasteiger partial charge in [-0.15, -0.1) is 0 Å². The third-order valence-corrected chi connectivity index (χ3v) is 8.04. The van der Waals surface area contributed by atoms with Crippen LogP contribution in [0.3, 0.4) is 0 Å². The highest BCUT2D eigenvalue weighted by Gasteiger charge is 2.30. The van der Waals surface area contributed by atoms with Crippen LogP contribution in [-0.4, -0.2) is 13.2 Å². The SMILES string of the molecule is Cc1cc(C)c([Si](C)(C)c2ccccc2CO)c(C)c1. The Balaban J connectivity index is 2.67. The lowest BCUT2D eigenvalue weighted by molar-refractivity contribution is 0.283. The number of hydrogen-bond acceptors (Lipinski definition) is 1. The summed E-state index contributed by atoms with van der Waals surface area (Å²) in [6.45, 7) is 11.5. The van der Waals surface area contributed by atoms with Gasteiger partial charge in [-0.3, -0.25) is 0 Å². The topological polar surface area (TPSA) is 20.2 Å². The number of aliphatic hydroxyl groups excluding tert-OH is 1. The van der Waals surface area contributed by atoms with Crippen molar-refractivity contribution in [2.24, 2.45) is 0 Å². The lowest BCUT2D eigenvalue weighted by Gasteiger charge is -2.29. The molecule has 0 saturated heterocycles. The Bertz CT molecular complexity index is 606. The average molecular weight is 284 g/mol. The Morgan fingerprint density at radius 3 is 2.05 bits per heavy atom. The van der Waals surface area contributed by atoms with E-state index in [2.05, 4.69) is 58.1 Å². The maximum absolute atomic E-state index is 9.63. The molecule has 106 valence electrons. The van der Waals surface area contributed by atoms with Crippen LogP contribution < -0.4 is 10.4 Å². The van der Waals surface area contributed by atoms with Gasteiger partial charge < -0.3 is 5.11 Å². The van der Waals surface area contributed by atoms with Gasteiger partial charge in [0.05, 0.1) is 6.61 Å². The number of aryl methyl sites for hydroxylation is 3. The fourth-order valence-corrected chi connectivity index (χ4v) is 7.43. The summed E-state index contributed by atoms with van der Waals surface area (Å²) in [5.74, 6) is 0. The van der Waals surface area contributed by atoms with Crippen LogP contribution >= 0.6 is 0 Å². The van der Waals surface area contributed by atoms with E-state index in [1.807, 2.05) is 12.1 Å². The Hall–Kier alpha value is -1.38. The lowest BCUT2D eigenvalue weighted by Crippen LogP contribution is -2.56. The van der Waals surface area contributed by atoms with Crippen LogP contribution in [0.5, 0.6) is 0 Å². The van der Waals surface area contributed by atoms with Crippen LogP contribution in [0.25, 0.3) is 0 Å². The van der Waals surface area contributed by atoms with Crippen molar-refractivity contribution < 1.29 is 5.11 Å². The minimum atomic E-state index is -1.79. The molecule has 2 heteroatoms. The second-order valence-corrected chi connectivity index (χ2v) is 10.5. The van der Waals surface area contributed by atoms with Crippen LogP contribution in [0.1, 0.15) is 22.3 Å². The van der Waals surface area contributed by atoms with Crippen molar-refractivity contribution in [3.05, 3.63) is 58.7 Å². The summed E-state index contributed by atoms with van der Waals surface area (Å²) in [5, 5.41) is 12.5. The molecule has 1 nitrogen and oxygen atoms in total. The third-order valence-electron chi connectivity index (χ3n) is 4.16. The first kappa shape index (κ1) is 15.0. The van der Waals surface area contributed by atoms with Crippen LogP contribution in [-0.2, 0) is 6.61 Å². The molecule has 1 N–H and O–H groups in total. The number of aliphatic hydroxyl groups is 1. The van der Waals surface area contributed by atoms with Gasteiger partial charge in [0.25, 0.3) is 0 Å². The number of benzene rings is 2. The molecule has 2 aromatic rings. The van der Waals surface area contributed by atoms with Crippen LogP contribution in [0.2, 0.25) is 13.1 Å². The van der Waals surface area contributed by atoms with Crippen molar-refractivity contribution in [3.63, 3.8) is 0 Å². The van der Waals surface area contributed by atoms with Gasteiger partial charge in [0, 0.05) is 0 Å². The first-order valence-corrected chi connectivity index (χ1v) is 10.2. The zero-order chi connectivity index (χ0) is 14.9. The summed E-state index contributed by atoms with van der Waals surface area (Å²) in [5.41, 5.74) is 5.16. The van der Waals surface area contributed by atoms with E-state index in [0.717, 1.165) is 5.56 Å². The largest absolute Gasteiger partial charge is 0.392 e. The van der Waals surface area contributed by atoms with Gasteiger partial charge in [0.2, 0.25) is 0 Å². The van der Waals surface area contributed by atoms with Crippen molar-refractivity contribution in [1.82, 2.24) is 0 Å². The third kappa shape index (κ3) is 2.58. The molecule has 0 aromatic heterocycles. The van der Waals surface area contributed by atoms with Crippen LogP contribution in [0, 0.1) is 20.8 Å². The molecule has 2 aromatic carbocycles. The summed E-state index contributed by atoms with van der Waals surface area (Å²) in [4.78, 5) is 0. The Morgan fingerprint density at radius 2 is 1.50 bits per heavy atom. The maximum Gasteiger partial charge on any atom is 0.113 e. The summed E-state index contributed by atoms with van der Waals surface area (Å²) >= 11 is 0. The van der Waals surface area contributed by atoms with Crippen molar-refractivity contribution in [2.45, 2.75) is 40.5 Å². The van der Waals surface area contributed by atoms with E-state index in [-0.39, 0.29) is 6.61 Å². The second kappa shape index (κ2) is 5.55. The van der Waals surface area contributed by atoms with Crippen molar-refractivity contribution in [2.75, 3.05) is 0 Å². The highest BCUT2D eigenvalue weighted by atomic mass is 28.3. The molecular weight excluding hydrogens is 260 g/mol. The molecular formula is C18H24OSi. The first-order chi connectivity index (χ1) is 9.37. The molecule has 0 aliphatic carbocycles. The summed E-state index contributed by atoms with van der Waals surface area (Å²) in [7, 11) is -1.79. The minimum absolute atomic E-state index is 0.122. The van der Waals surface area contributed by atoms with E-state index in [4.69, 9.17) is 0 Å². The molecule has 0 unspecified atom stereocenters. The quantitative estimate of drug-likeness (QED) is 0.859. The Kier molecular flexibility index (Phi) is 4.16. The van der Waals surface area contributed by atoms with E-state index in [1.54, 1.807) is 0 Å². The molecule has 0 atom stereocenters. The van der Waals surface area contributed by atoms with Crippen molar-refractivity contribution >= 4 is 18.4 Å². The molecule has 0 amide bonds. The predicted octanol–water partition coefficient (Wildman–Crippen LogP) is 2.93. The molecule has 0 fully saturated rings. The molecule has 0 bridgehead atoms. The normalized spacial score (nSPS) is 11.7. The fraction of sp³-hybridized carbons (Fsp3) is 0.333. The number of hydrogen-bond donors (Lipinski definition) is 1. The van der Waals surface area contributed by atoms with Gasteiger partial charge >= 0.3 is 0 Å². The van der Waals surface area contributed by atoms with Crippen molar-refractivity contribution in [3.8, 4) is 0 Å². The van der Waals surface area contributed by atoms with E-state index in [9.17, 15) is 5.11 Å². The smallest absolute Gasteiger partial charge is 0.113 e. The second-order valence-electron chi connectivity index (χ2n) is 6.21. The van der Waals surface area contributed by atoms with Gasteiger partial charge in [-0.2, -0.15) is 0 Å². The molecule has 2 rings (SSSR count). The molecule has 20 heavy (non-hydrogen) atoms. The van der Waals surface area contributed by atoms with Crippen LogP contribution in [0.15, 0.2) is 36.4 Å². The monoisotopic (exact) mass is 284 g/mol. The predicted molar refractivity (Wildman–Crippen MR) is 89.8 cm³/mol. The molecule has 0 radical (unpaired) electrons. The summed E-state index contributed by atoms with van der Waals surface area (Å²) in [6, 6.07) is 12.9. The Morgan fingerprint density at radius 1 is 0.950 bits per heavy atom. The van der Waals surface area contributed by atoms with Gasteiger partial charge in [0.15, 0.2) is 0 Å². The molecule has 0 aliphatic rings. The van der Waals surface area contributed by atoms with Gasteiger partial charge in [-0.1, -0.05) is 66.2 Å². The van der Waals surface area contributed by atoms with E-state index >= 15 is 0 Å². The molecule has 0 spiro atoms. The van der Waals surface area contributed by atoms with E-state index < -0.39 is 8.07 Å². The maximum atomic E-state index is 9.63. The lowest BCUT2D eigenvalue weighted by atomic mass is 10.1. The highest BCUT2D eigenvalue weighted by molar-refractivity contribution is 7.01. The van der Waals surface area contributed by atoms with Crippen LogP contribution in [0.4, 0.5) is 0 Å². The summed E-state index contributed by atoms with van der Waals surface area (Å²) < 4.78 is 0. The van der Waals surface area contributed by atoms with Gasteiger partial charge in [0.1, 0.15) is 8.07 Å². The fourth-order valence-electron chi connectivity index (χ4n) is 3.57. The van der Waals surface area contributed by atoms with Crippen molar-refractivity contribution in [1.29, 1.82) is 0 Å². The standard InChI is InChI=1S/C18H24OSi/c1-13-10-14(2)18(15(3)11-13)20(4,5)17-9-7-6-8-16(17)12-19/h6-11,19H,12H2,1-5H3. The molecule has 0 heterocycles. The highest BCUT2D eigenvalue weighted by Crippen LogP contribution is 2.15. The molecule has 0 saturated carbocycles. The Labute approximate surface area is 123 Å². The summed E-state index contributed by atoms with van der Waals surface area (Å²) in [6.07, 6.45) is 0. The minimum Gasteiger partial charge on any atom is -0.392 e. The molecule has 0 aliphatic heterocycles. The number of rotatable bonds is 3. The van der Waals surface area contributed by atoms with E-state index in [1.165, 1.54) is 27.1 Å².